The molecule has 4 nitrogen and oxygen atoms in total. The molecule has 1 aliphatic rings. The normalized spacial score (nSPS) is 29.3. The highest BCUT2D eigenvalue weighted by molar-refractivity contribution is 6.30. The van der Waals surface area contributed by atoms with Crippen molar-refractivity contribution in [3.8, 4) is 0 Å². The van der Waals surface area contributed by atoms with Crippen LogP contribution in [0.5, 0.6) is 0 Å². The van der Waals surface area contributed by atoms with Crippen molar-refractivity contribution in [3.05, 3.63) is 53.1 Å². The summed E-state index contributed by atoms with van der Waals surface area (Å²) < 4.78 is 1.72. The van der Waals surface area contributed by atoms with Gasteiger partial charge in [0.2, 0.25) is 0 Å². The van der Waals surface area contributed by atoms with Gasteiger partial charge >= 0.3 is 0 Å². The largest absolute Gasteiger partial charge is 0.383 e. The number of hydrogen-bond acceptors (Lipinski definition) is 3. The molecule has 1 aromatic carbocycles. The number of aliphatic hydroxyl groups is 1. The zero-order valence-electron chi connectivity index (χ0n) is 13.5. The van der Waals surface area contributed by atoms with Crippen LogP contribution in [-0.2, 0) is 6.54 Å². The third-order valence-electron chi connectivity index (χ3n) is 5.32. The van der Waals surface area contributed by atoms with E-state index in [-0.39, 0.29) is 5.41 Å². The quantitative estimate of drug-likeness (QED) is 0.922. The molecule has 0 saturated heterocycles. The minimum Gasteiger partial charge on any atom is -0.383 e. The summed E-state index contributed by atoms with van der Waals surface area (Å²) in [5.41, 5.74) is 1.02. The van der Waals surface area contributed by atoms with Gasteiger partial charge in [0, 0.05) is 10.4 Å². The fourth-order valence-electron chi connectivity index (χ4n) is 3.47. The lowest BCUT2D eigenvalue weighted by atomic mass is 9.72. The van der Waals surface area contributed by atoms with Crippen molar-refractivity contribution < 1.29 is 5.11 Å². The van der Waals surface area contributed by atoms with Crippen LogP contribution >= 0.6 is 11.6 Å². The number of hydrogen-bond donors (Lipinski definition) is 1. The minimum atomic E-state index is -0.922. The summed E-state index contributed by atoms with van der Waals surface area (Å²) in [5, 5.41) is 16.5. The Hall–Kier alpha value is -1.65. The van der Waals surface area contributed by atoms with Crippen LogP contribution in [0, 0.1) is 5.41 Å². The van der Waals surface area contributed by atoms with Crippen LogP contribution in [0.4, 0.5) is 0 Å². The van der Waals surface area contributed by atoms with Crippen molar-refractivity contribution >= 4 is 17.7 Å². The topological polar surface area (TPSA) is 50.9 Å². The highest BCUT2D eigenvalue weighted by Crippen LogP contribution is 2.53. The average Bonchev–Trinajstić information content (AvgIpc) is 3.12. The third-order valence-corrected chi connectivity index (χ3v) is 5.58. The molecule has 0 bridgehead atoms. The van der Waals surface area contributed by atoms with Crippen LogP contribution in [0.25, 0.3) is 6.08 Å². The van der Waals surface area contributed by atoms with E-state index in [0.29, 0.717) is 6.54 Å². The maximum Gasteiger partial charge on any atom is 0.137 e. The minimum absolute atomic E-state index is 0.169. The molecular weight excluding hydrogens is 310 g/mol. The van der Waals surface area contributed by atoms with Crippen LogP contribution in [0.1, 0.15) is 38.7 Å². The molecule has 0 amide bonds. The molecule has 0 spiro atoms. The Balaban J connectivity index is 1.99. The molecule has 1 aliphatic carbocycles. The van der Waals surface area contributed by atoms with E-state index in [1.54, 1.807) is 11.0 Å². The SMILES string of the molecule is CCC1(C)CCC(=Cc2ccc(Cl)cc2)C1(O)Cn1cncn1. The zero-order chi connectivity index (χ0) is 16.5. The van der Waals surface area contributed by atoms with Gasteiger partial charge in [-0.3, -0.25) is 0 Å². The third kappa shape index (κ3) is 2.93. The van der Waals surface area contributed by atoms with Gasteiger partial charge in [-0.25, -0.2) is 9.67 Å². The average molecular weight is 332 g/mol. The lowest BCUT2D eigenvalue weighted by molar-refractivity contribution is -0.0420. The molecule has 122 valence electrons. The van der Waals surface area contributed by atoms with Crippen molar-refractivity contribution in [1.82, 2.24) is 14.8 Å². The first kappa shape index (κ1) is 16.2. The van der Waals surface area contributed by atoms with Gasteiger partial charge in [-0.2, -0.15) is 5.10 Å². The standard InChI is InChI=1S/C18H22ClN3O/c1-3-17(2)9-8-15(10-14-4-6-16(19)7-5-14)18(17,23)11-22-13-20-12-21-22/h4-7,10,12-13,23H,3,8-9,11H2,1-2H3. The van der Waals surface area contributed by atoms with Gasteiger partial charge in [-0.1, -0.05) is 43.7 Å². The Morgan fingerprint density at radius 1 is 1.35 bits per heavy atom. The maximum absolute atomic E-state index is 11.6. The van der Waals surface area contributed by atoms with E-state index in [1.807, 2.05) is 24.3 Å². The van der Waals surface area contributed by atoms with Crippen LogP contribution in [0.3, 0.4) is 0 Å². The summed E-state index contributed by atoms with van der Waals surface area (Å²) in [5.74, 6) is 0. The second-order valence-corrected chi connectivity index (χ2v) is 7.03. The van der Waals surface area contributed by atoms with Gasteiger partial charge in [0.25, 0.3) is 0 Å². The van der Waals surface area contributed by atoms with Crippen LogP contribution in [0.15, 0.2) is 42.5 Å². The van der Waals surface area contributed by atoms with Gasteiger partial charge in [0.05, 0.1) is 6.54 Å². The van der Waals surface area contributed by atoms with Crippen molar-refractivity contribution in [2.75, 3.05) is 0 Å². The predicted molar refractivity (Wildman–Crippen MR) is 92.0 cm³/mol. The molecule has 1 fully saturated rings. The van der Waals surface area contributed by atoms with E-state index >= 15 is 0 Å². The van der Waals surface area contributed by atoms with Crippen molar-refractivity contribution in [2.24, 2.45) is 5.41 Å². The summed E-state index contributed by atoms with van der Waals surface area (Å²) in [7, 11) is 0. The Labute approximate surface area is 141 Å². The summed E-state index contributed by atoms with van der Waals surface area (Å²) in [6.45, 7) is 4.72. The first-order chi connectivity index (χ1) is 11.0. The smallest absolute Gasteiger partial charge is 0.137 e. The molecule has 1 aromatic heterocycles. The van der Waals surface area contributed by atoms with E-state index in [9.17, 15) is 5.11 Å². The second kappa shape index (κ2) is 6.10. The van der Waals surface area contributed by atoms with Gasteiger partial charge in [0.1, 0.15) is 18.3 Å². The monoisotopic (exact) mass is 331 g/mol. The maximum atomic E-state index is 11.6. The van der Waals surface area contributed by atoms with Gasteiger partial charge in [0.15, 0.2) is 0 Å². The Bertz CT molecular complexity index is 696. The van der Waals surface area contributed by atoms with E-state index in [2.05, 4.69) is 30.0 Å². The molecule has 2 unspecified atom stereocenters. The molecule has 1 N–H and O–H groups in total. The number of rotatable bonds is 4. The molecule has 2 aromatic rings. The zero-order valence-corrected chi connectivity index (χ0v) is 14.3. The van der Waals surface area contributed by atoms with E-state index in [4.69, 9.17) is 11.6 Å². The molecule has 23 heavy (non-hydrogen) atoms. The van der Waals surface area contributed by atoms with E-state index in [0.717, 1.165) is 35.4 Å². The second-order valence-electron chi connectivity index (χ2n) is 6.59. The van der Waals surface area contributed by atoms with Gasteiger partial charge in [-0.15, -0.1) is 0 Å². The summed E-state index contributed by atoms with van der Waals surface area (Å²) in [4.78, 5) is 3.99. The first-order valence-corrected chi connectivity index (χ1v) is 8.36. The van der Waals surface area contributed by atoms with Crippen molar-refractivity contribution in [3.63, 3.8) is 0 Å². The highest BCUT2D eigenvalue weighted by atomic mass is 35.5. The Morgan fingerprint density at radius 2 is 2.09 bits per heavy atom. The van der Waals surface area contributed by atoms with Crippen LogP contribution in [0.2, 0.25) is 5.02 Å². The molecule has 0 radical (unpaired) electrons. The molecule has 1 heterocycles. The van der Waals surface area contributed by atoms with Crippen LogP contribution < -0.4 is 0 Å². The molecule has 0 aliphatic heterocycles. The van der Waals surface area contributed by atoms with E-state index in [1.165, 1.54) is 6.33 Å². The number of benzene rings is 1. The van der Waals surface area contributed by atoms with Crippen molar-refractivity contribution in [1.29, 1.82) is 0 Å². The fourth-order valence-corrected chi connectivity index (χ4v) is 3.60. The molecule has 1 saturated carbocycles. The van der Waals surface area contributed by atoms with E-state index < -0.39 is 5.60 Å². The Morgan fingerprint density at radius 3 is 2.70 bits per heavy atom. The number of nitrogens with zero attached hydrogens (tertiary/aromatic N) is 3. The summed E-state index contributed by atoms with van der Waals surface area (Å²) in [6.07, 6.45) is 8.02. The molecular formula is C18H22ClN3O. The lowest BCUT2D eigenvalue weighted by Crippen LogP contribution is -2.46. The summed E-state index contributed by atoms with van der Waals surface area (Å²) >= 11 is 5.96. The first-order valence-electron chi connectivity index (χ1n) is 7.98. The molecule has 2 atom stereocenters. The van der Waals surface area contributed by atoms with Gasteiger partial charge in [-0.05, 0) is 42.5 Å². The van der Waals surface area contributed by atoms with Crippen LogP contribution in [-0.4, -0.2) is 25.5 Å². The van der Waals surface area contributed by atoms with Gasteiger partial charge < -0.3 is 5.11 Å². The Kier molecular flexibility index (Phi) is 4.30. The fraction of sp³-hybridized carbons (Fsp3) is 0.444. The summed E-state index contributed by atoms with van der Waals surface area (Å²) in [6, 6.07) is 7.70. The van der Waals surface area contributed by atoms with Crippen molar-refractivity contribution in [2.45, 2.75) is 45.3 Å². The number of aromatic nitrogens is 3. The highest BCUT2D eigenvalue weighted by Gasteiger charge is 2.53. The lowest BCUT2D eigenvalue weighted by Gasteiger charge is -2.39. The predicted octanol–water partition coefficient (Wildman–Crippen LogP) is 3.96. The number of halogens is 1. The molecule has 5 heteroatoms. The molecule has 3 rings (SSSR count).